The third-order valence-corrected chi connectivity index (χ3v) is 7.02. The van der Waals surface area contributed by atoms with E-state index >= 15 is 0 Å². The molecule has 250 valence electrons. The van der Waals surface area contributed by atoms with E-state index in [-0.39, 0.29) is 34.8 Å². The molecule has 7 nitrogen and oxygen atoms in total. The molecule has 8 heteroatoms. The summed E-state index contributed by atoms with van der Waals surface area (Å²) in [4.78, 5) is 36.7. The third-order valence-electron chi connectivity index (χ3n) is 7.02. The maximum Gasteiger partial charge on any atom is 0.338 e. The van der Waals surface area contributed by atoms with E-state index in [4.69, 9.17) is 18.9 Å². The van der Waals surface area contributed by atoms with Crippen LogP contribution in [-0.4, -0.2) is 43.4 Å². The second-order valence-electron chi connectivity index (χ2n) is 11.6. The molecule has 48 heavy (non-hydrogen) atoms. The molecular formula is C40H41FO7. The van der Waals surface area contributed by atoms with Crippen LogP contribution in [-0.2, 0) is 23.9 Å². The van der Waals surface area contributed by atoms with Crippen molar-refractivity contribution in [1.82, 2.24) is 0 Å². The molecule has 2 unspecified atom stereocenters. The first-order valence-corrected chi connectivity index (χ1v) is 15.2. The Kier molecular flexibility index (Phi) is 13.1. The second kappa shape index (κ2) is 17.0. The number of ether oxygens (including phenoxy) is 4. The van der Waals surface area contributed by atoms with Gasteiger partial charge in [-0.3, -0.25) is 0 Å². The highest BCUT2D eigenvalue weighted by Gasteiger charge is 2.26. The first kappa shape index (κ1) is 37.1. The number of rotatable bonds is 14. The van der Waals surface area contributed by atoms with Crippen LogP contribution in [0.1, 0.15) is 40.2 Å². The lowest BCUT2D eigenvalue weighted by Crippen LogP contribution is -2.33. The molecule has 0 aliphatic heterocycles. The SMILES string of the molecule is C=C(C)COC1C=CC(/C(=C/C=C(\C)c2ccc(-c3ccc(OC(=O)C(=C)C)c(OC(=O)C(=C)C)c3)cc2)CF)=CC1OC(=O)C(=C)C. The first-order valence-electron chi connectivity index (χ1n) is 15.2. The maximum atomic E-state index is 14.3. The van der Waals surface area contributed by atoms with Crippen molar-refractivity contribution >= 4 is 23.5 Å². The van der Waals surface area contributed by atoms with Gasteiger partial charge in [-0.1, -0.05) is 86.5 Å². The number of esters is 3. The molecule has 0 amide bonds. The Morgan fingerprint density at radius 1 is 0.750 bits per heavy atom. The van der Waals surface area contributed by atoms with E-state index in [0.29, 0.717) is 16.7 Å². The number of carbonyl (C=O) groups excluding carboxylic acids is 3. The lowest BCUT2D eigenvalue weighted by molar-refractivity contribution is -0.146. The van der Waals surface area contributed by atoms with E-state index in [1.165, 1.54) is 13.8 Å². The van der Waals surface area contributed by atoms with Crippen molar-refractivity contribution in [3.8, 4) is 22.6 Å². The van der Waals surface area contributed by atoms with Crippen molar-refractivity contribution in [3.63, 3.8) is 0 Å². The van der Waals surface area contributed by atoms with Gasteiger partial charge in [-0.25, -0.2) is 18.8 Å². The smallest absolute Gasteiger partial charge is 0.338 e. The summed E-state index contributed by atoms with van der Waals surface area (Å²) >= 11 is 0. The monoisotopic (exact) mass is 652 g/mol. The quantitative estimate of drug-likeness (QED) is 0.0664. The predicted octanol–water partition coefficient (Wildman–Crippen LogP) is 8.56. The number of alkyl halides is 1. The average Bonchev–Trinajstić information content (AvgIpc) is 3.05. The molecular weight excluding hydrogens is 611 g/mol. The summed E-state index contributed by atoms with van der Waals surface area (Å²) in [6.07, 6.45) is 7.37. The van der Waals surface area contributed by atoms with Crippen molar-refractivity contribution in [2.45, 2.75) is 46.8 Å². The minimum absolute atomic E-state index is 0.0653. The summed E-state index contributed by atoms with van der Waals surface area (Å²) < 4.78 is 36.5. The highest BCUT2D eigenvalue weighted by atomic mass is 19.1. The Labute approximate surface area is 281 Å². The van der Waals surface area contributed by atoms with Gasteiger partial charge in [0.05, 0.1) is 6.61 Å². The van der Waals surface area contributed by atoms with Crippen LogP contribution in [0.3, 0.4) is 0 Å². The van der Waals surface area contributed by atoms with Crippen molar-refractivity contribution in [2.75, 3.05) is 13.3 Å². The summed E-state index contributed by atoms with van der Waals surface area (Å²) in [6.45, 7) is 22.5. The Balaban J connectivity index is 1.86. The Bertz CT molecular complexity index is 1750. The number of hydrogen-bond acceptors (Lipinski definition) is 7. The number of benzene rings is 2. The van der Waals surface area contributed by atoms with Crippen molar-refractivity contribution in [2.24, 2.45) is 0 Å². The van der Waals surface area contributed by atoms with Crippen LogP contribution in [0.15, 0.2) is 133 Å². The van der Waals surface area contributed by atoms with Crippen LogP contribution >= 0.6 is 0 Å². The molecule has 0 fully saturated rings. The van der Waals surface area contributed by atoms with Crippen LogP contribution in [0.4, 0.5) is 4.39 Å². The molecule has 1 aliphatic carbocycles. The summed E-state index contributed by atoms with van der Waals surface area (Å²) in [5, 5.41) is 0. The van der Waals surface area contributed by atoms with Crippen molar-refractivity contribution in [3.05, 3.63) is 138 Å². The van der Waals surface area contributed by atoms with Crippen LogP contribution in [0.5, 0.6) is 11.5 Å². The largest absolute Gasteiger partial charge is 0.452 e. The van der Waals surface area contributed by atoms with Gasteiger partial charge in [-0.05, 0) is 86.2 Å². The lowest BCUT2D eigenvalue weighted by atomic mass is 9.95. The van der Waals surface area contributed by atoms with E-state index < -0.39 is 36.8 Å². The molecule has 0 N–H and O–H groups in total. The van der Waals surface area contributed by atoms with Crippen molar-refractivity contribution < 1.29 is 37.7 Å². The second-order valence-corrected chi connectivity index (χ2v) is 11.6. The minimum atomic E-state index is -0.766. The zero-order valence-corrected chi connectivity index (χ0v) is 28.1. The zero-order chi connectivity index (χ0) is 35.5. The Morgan fingerprint density at radius 3 is 1.90 bits per heavy atom. The maximum absolute atomic E-state index is 14.3. The lowest BCUT2D eigenvalue weighted by Gasteiger charge is -2.27. The fourth-order valence-corrected chi connectivity index (χ4v) is 4.25. The van der Waals surface area contributed by atoms with E-state index in [1.807, 2.05) is 44.2 Å². The summed E-state index contributed by atoms with van der Waals surface area (Å²) in [5.41, 5.74) is 5.72. The molecule has 0 saturated carbocycles. The molecule has 3 rings (SSSR count). The van der Waals surface area contributed by atoms with Gasteiger partial charge in [0, 0.05) is 16.7 Å². The molecule has 2 aromatic carbocycles. The molecule has 2 aromatic rings. The fraction of sp³-hybridized carbons (Fsp3) is 0.225. The first-order chi connectivity index (χ1) is 22.7. The molecule has 0 aromatic heterocycles. The third kappa shape index (κ3) is 10.3. The van der Waals surface area contributed by atoms with Crippen molar-refractivity contribution in [1.29, 1.82) is 0 Å². The normalized spacial score (nSPS) is 16.0. The van der Waals surface area contributed by atoms with E-state index in [0.717, 1.165) is 22.3 Å². The molecule has 0 spiro atoms. The minimum Gasteiger partial charge on any atom is -0.452 e. The van der Waals surface area contributed by atoms with Gasteiger partial charge < -0.3 is 18.9 Å². The molecule has 0 radical (unpaired) electrons. The van der Waals surface area contributed by atoms with Gasteiger partial charge in [0.1, 0.15) is 12.8 Å². The number of halogens is 1. The molecule has 2 atom stereocenters. The van der Waals surface area contributed by atoms with Gasteiger partial charge >= 0.3 is 17.9 Å². The van der Waals surface area contributed by atoms with E-state index in [9.17, 15) is 18.8 Å². The number of carbonyl (C=O) groups is 3. The summed E-state index contributed by atoms with van der Waals surface area (Å²) in [5.74, 6) is -1.73. The van der Waals surface area contributed by atoms with Gasteiger partial charge in [0.25, 0.3) is 0 Å². The van der Waals surface area contributed by atoms with Crippen LogP contribution in [0.2, 0.25) is 0 Å². The van der Waals surface area contributed by atoms with Crippen LogP contribution in [0, 0.1) is 0 Å². The highest BCUT2D eigenvalue weighted by molar-refractivity contribution is 5.91. The molecule has 1 aliphatic rings. The average molecular weight is 653 g/mol. The van der Waals surface area contributed by atoms with E-state index in [1.54, 1.807) is 49.4 Å². The zero-order valence-electron chi connectivity index (χ0n) is 28.1. The van der Waals surface area contributed by atoms with Gasteiger partial charge in [0.15, 0.2) is 17.6 Å². The number of hydrogen-bond donors (Lipinski definition) is 0. The summed E-state index contributed by atoms with van der Waals surface area (Å²) in [6, 6.07) is 12.5. The van der Waals surface area contributed by atoms with Crippen LogP contribution in [0.25, 0.3) is 16.7 Å². The fourth-order valence-electron chi connectivity index (χ4n) is 4.25. The predicted molar refractivity (Wildman–Crippen MR) is 187 cm³/mol. The van der Waals surface area contributed by atoms with Gasteiger partial charge in [-0.15, -0.1) is 0 Å². The molecule has 0 bridgehead atoms. The van der Waals surface area contributed by atoms with E-state index in [2.05, 4.69) is 26.3 Å². The molecule has 0 saturated heterocycles. The summed E-state index contributed by atoms with van der Waals surface area (Å²) in [7, 11) is 0. The molecule has 0 heterocycles. The standard InChI is InChI=1S/C40H41FO7/c1-24(2)23-45-34-18-16-32(21-36(34)47-39(43)26(5)6)33(22-41)11-10-28(9)29-12-14-30(15-13-29)31-17-19-35(46-38(42)25(3)4)37(20-31)48-40(44)27(7)8/h10-21,34,36H,1,3,5,7,22-23H2,2,4,6,8-9H3/b28-10+,33-11+. The Hall–Kier alpha value is -5.34. The highest BCUT2D eigenvalue weighted by Crippen LogP contribution is 2.34. The topological polar surface area (TPSA) is 88.1 Å². The van der Waals surface area contributed by atoms with Crippen LogP contribution < -0.4 is 9.47 Å². The number of allylic oxidation sites excluding steroid dienone is 6. The Morgan fingerprint density at radius 2 is 1.33 bits per heavy atom. The van der Waals surface area contributed by atoms with Gasteiger partial charge in [0.2, 0.25) is 0 Å². The van der Waals surface area contributed by atoms with Gasteiger partial charge in [-0.2, -0.15) is 0 Å².